The van der Waals surface area contributed by atoms with E-state index in [2.05, 4.69) is 0 Å². The van der Waals surface area contributed by atoms with Crippen molar-refractivity contribution in [1.82, 2.24) is 0 Å². The summed E-state index contributed by atoms with van der Waals surface area (Å²) in [5, 5.41) is 0. The van der Waals surface area contributed by atoms with Gasteiger partial charge in [0.2, 0.25) is 0 Å². The van der Waals surface area contributed by atoms with E-state index < -0.39 is 0 Å². The lowest BCUT2D eigenvalue weighted by Gasteiger charge is -2.45. The van der Waals surface area contributed by atoms with Gasteiger partial charge in [-0.3, -0.25) is 0 Å². The highest BCUT2D eigenvalue weighted by Gasteiger charge is 2.38. The van der Waals surface area contributed by atoms with Gasteiger partial charge in [-0.05, 0) is 68.2 Å². The lowest BCUT2D eigenvalue weighted by Crippen LogP contribution is -2.37. The molecular formula is C17H31N. The Kier molecular flexibility index (Phi) is 4.28. The number of nitrogens with two attached hydrogens (primary N) is 1. The third-order valence-electron chi connectivity index (χ3n) is 6.46. The molecule has 0 saturated heterocycles. The molecule has 0 aromatic rings. The van der Waals surface area contributed by atoms with Crippen molar-refractivity contribution in [3.8, 4) is 0 Å². The van der Waals surface area contributed by atoms with Gasteiger partial charge < -0.3 is 5.73 Å². The molecule has 3 fully saturated rings. The summed E-state index contributed by atoms with van der Waals surface area (Å²) in [5.41, 5.74) is 6.03. The first-order chi connectivity index (χ1) is 8.88. The Balaban J connectivity index is 1.61. The second-order valence-corrected chi connectivity index (χ2v) is 7.32. The van der Waals surface area contributed by atoms with Crippen molar-refractivity contribution in [2.75, 3.05) is 6.54 Å². The van der Waals surface area contributed by atoms with Crippen molar-refractivity contribution in [2.24, 2.45) is 35.3 Å². The third-order valence-corrected chi connectivity index (χ3v) is 6.46. The van der Waals surface area contributed by atoms with E-state index in [1.807, 2.05) is 0 Å². The molecule has 1 heteroatoms. The Morgan fingerprint density at radius 3 is 2.17 bits per heavy atom. The van der Waals surface area contributed by atoms with E-state index in [0.29, 0.717) is 0 Å². The first-order valence-electron chi connectivity index (χ1n) is 8.58. The van der Waals surface area contributed by atoms with Crippen LogP contribution >= 0.6 is 0 Å². The highest BCUT2D eigenvalue weighted by atomic mass is 14.6. The lowest BCUT2D eigenvalue weighted by molar-refractivity contribution is 0.0614. The Bertz CT molecular complexity index is 262. The summed E-state index contributed by atoms with van der Waals surface area (Å²) in [4.78, 5) is 0. The number of fused-ring (bicyclic) bond motifs is 1. The second-order valence-electron chi connectivity index (χ2n) is 7.32. The lowest BCUT2D eigenvalue weighted by atomic mass is 9.61. The van der Waals surface area contributed by atoms with Gasteiger partial charge in [0.05, 0.1) is 0 Å². The van der Waals surface area contributed by atoms with Crippen LogP contribution in [0.3, 0.4) is 0 Å². The molecule has 3 aliphatic carbocycles. The van der Waals surface area contributed by atoms with E-state index in [-0.39, 0.29) is 0 Å². The number of hydrogen-bond donors (Lipinski definition) is 1. The van der Waals surface area contributed by atoms with Crippen LogP contribution < -0.4 is 5.73 Å². The first kappa shape index (κ1) is 13.0. The summed E-state index contributed by atoms with van der Waals surface area (Å²) >= 11 is 0. The maximum Gasteiger partial charge on any atom is -0.00461 e. The Hall–Kier alpha value is -0.0400. The maximum absolute atomic E-state index is 6.03. The van der Waals surface area contributed by atoms with Crippen molar-refractivity contribution in [2.45, 2.75) is 70.6 Å². The van der Waals surface area contributed by atoms with Crippen LogP contribution in [0.4, 0.5) is 0 Å². The molecule has 5 atom stereocenters. The molecule has 0 spiro atoms. The van der Waals surface area contributed by atoms with Crippen molar-refractivity contribution in [1.29, 1.82) is 0 Å². The van der Waals surface area contributed by atoms with Crippen LogP contribution in [0.25, 0.3) is 0 Å². The van der Waals surface area contributed by atoms with Crippen LogP contribution in [0.1, 0.15) is 70.6 Å². The molecule has 3 aliphatic rings. The monoisotopic (exact) mass is 249 g/mol. The third kappa shape index (κ3) is 2.61. The maximum atomic E-state index is 6.03. The van der Waals surface area contributed by atoms with Crippen LogP contribution in [0.2, 0.25) is 0 Å². The van der Waals surface area contributed by atoms with Gasteiger partial charge in [-0.2, -0.15) is 0 Å². The predicted octanol–water partition coefficient (Wildman–Crippen LogP) is 4.36. The molecule has 3 saturated carbocycles. The zero-order valence-electron chi connectivity index (χ0n) is 11.9. The molecule has 2 N–H and O–H groups in total. The topological polar surface area (TPSA) is 26.0 Å². The van der Waals surface area contributed by atoms with E-state index in [4.69, 9.17) is 5.73 Å². The van der Waals surface area contributed by atoms with Gasteiger partial charge in [0.25, 0.3) is 0 Å². The van der Waals surface area contributed by atoms with Gasteiger partial charge in [0, 0.05) is 0 Å². The summed E-state index contributed by atoms with van der Waals surface area (Å²) in [5.74, 6) is 5.10. The zero-order chi connectivity index (χ0) is 12.4. The van der Waals surface area contributed by atoms with Gasteiger partial charge in [-0.25, -0.2) is 0 Å². The van der Waals surface area contributed by atoms with Crippen LogP contribution in [-0.2, 0) is 0 Å². The fourth-order valence-electron chi connectivity index (χ4n) is 5.45. The van der Waals surface area contributed by atoms with Crippen molar-refractivity contribution >= 4 is 0 Å². The number of hydrogen-bond acceptors (Lipinski definition) is 1. The van der Waals surface area contributed by atoms with E-state index in [0.717, 1.165) is 36.1 Å². The molecule has 0 radical (unpaired) electrons. The molecule has 3 rings (SSSR count). The molecule has 0 heterocycles. The minimum atomic E-state index is 0.865. The molecule has 0 aromatic heterocycles. The fourth-order valence-corrected chi connectivity index (χ4v) is 5.45. The number of rotatable bonds is 2. The summed E-state index contributed by atoms with van der Waals surface area (Å²) in [6, 6.07) is 0. The summed E-state index contributed by atoms with van der Waals surface area (Å²) < 4.78 is 0. The molecule has 0 bridgehead atoms. The van der Waals surface area contributed by atoms with Gasteiger partial charge >= 0.3 is 0 Å². The Morgan fingerprint density at radius 2 is 1.33 bits per heavy atom. The van der Waals surface area contributed by atoms with Crippen molar-refractivity contribution in [3.63, 3.8) is 0 Å². The van der Waals surface area contributed by atoms with Crippen LogP contribution in [-0.4, -0.2) is 6.54 Å². The molecule has 0 amide bonds. The highest BCUT2D eigenvalue weighted by molar-refractivity contribution is 4.89. The molecular weight excluding hydrogens is 218 g/mol. The molecule has 18 heavy (non-hydrogen) atoms. The normalized spacial score (nSPS) is 45.5. The predicted molar refractivity (Wildman–Crippen MR) is 77.3 cm³/mol. The SMILES string of the molecule is NCC1CCCCC1C1CCC2CCCCC2C1. The van der Waals surface area contributed by atoms with Gasteiger partial charge in [-0.1, -0.05) is 38.5 Å². The first-order valence-corrected chi connectivity index (χ1v) is 8.58. The smallest absolute Gasteiger partial charge is 0.00461 e. The quantitative estimate of drug-likeness (QED) is 0.773. The second kappa shape index (κ2) is 5.94. The summed E-state index contributed by atoms with van der Waals surface area (Å²) in [6.45, 7) is 0.954. The van der Waals surface area contributed by atoms with E-state index in [9.17, 15) is 0 Å². The molecule has 104 valence electrons. The van der Waals surface area contributed by atoms with Gasteiger partial charge in [0.15, 0.2) is 0 Å². The van der Waals surface area contributed by atoms with Gasteiger partial charge in [-0.15, -0.1) is 0 Å². The fraction of sp³-hybridized carbons (Fsp3) is 1.00. The van der Waals surface area contributed by atoms with Gasteiger partial charge in [0.1, 0.15) is 0 Å². The highest BCUT2D eigenvalue weighted by Crippen LogP contribution is 2.48. The Morgan fingerprint density at radius 1 is 0.667 bits per heavy atom. The van der Waals surface area contributed by atoms with E-state index >= 15 is 0 Å². The summed E-state index contributed by atoms with van der Waals surface area (Å²) in [7, 11) is 0. The standard InChI is InChI=1S/C17H31N/c18-12-16-7-3-4-8-17(16)15-10-9-13-5-1-2-6-14(13)11-15/h13-17H,1-12,18H2. The van der Waals surface area contributed by atoms with Crippen LogP contribution in [0, 0.1) is 29.6 Å². The molecule has 0 aliphatic heterocycles. The summed E-state index contributed by atoms with van der Waals surface area (Å²) in [6.07, 6.45) is 16.6. The molecule has 0 aromatic carbocycles. The zero-order valence-corrected chi connectivity index (χ0v) is 11.9. The molecule has 5 unspecified atom stereocenters. The van der Waals surface area contributed by atoms with Crippen molar-refractivity contribution in [3.05, 3.63) is 0 Å². The van der Waals surface area contributed by atoms with Crippen molar-refractivity contribution < 1.29 is 0 Å². The van der Waals surface area contributed by atoms with Crippen LogP contribution in [0.15, 0.2) is 0 Å². The van der Waals surface area contributed by atoms with Crippen LogP contribution in [0.5, 0.6) is 0 Å². The average Bonchev–Trinajstić information content (AvgIpc) is 2.46. The Labute approximate surface area is 113 Å². The van der Waals surface area contributed by atoms with E-state index in [1.165, 1.54) is 44.9 Å². The average molecular weight is 249 g/mol. The molecule has 1 nitrogen and oxygen atoms in total. The van der Waals surface area contributed by atoms with E-state index in [1.54, 1.807) is 25.7 Å². The largest absolute Gasteiger partial charge is 0.330 e. The minimum absolute atomic E-state index is 0.865. The minimum Gasteiger partial charge on any atom is -0.330 e.